The number of rotatable bonds is 3. The molecule has 1 aliphatic rings. The van der Waals surface area contributed by atoms with Gasteiger partial charge in [0.25, 0.3) is 0 Å². The third kappa shape index (κ3) is 2.82. The number of ether oxygens (including phenoxy) is 1. The van der Waals surface area contributed by atoms with Gasteiger partial charge in [0.15, 0.2) is 0 Å². The molecule has 0 N–H and O–H groups in total. The van der Waals surface area contributed by atoms with E-state index in [2.05, 4.69) is 28.1 Å². The summed E-state index contributed by atoms with van der Waals surface area (Å²) in [6, 6.07) is 14.1. The van der Waals surface area contributed by atoms with Crippen LogP contribution in [0, 0.1) is 11.3 Å². The van der Waals surface area contributed by atoms with Gasteiger partial charge in [-0.3, -0.25) is 0 Å². The topological polar surface area (TPSA) is 49.1 Å². The first-order chi connectivity index (χ1) is 10.3. The summed E-state index contributed by atoms with van der Waals surface area (Å²) in [6.45, 7) is 1.96. The van der Waals surface area contributed by atoms with E-state index in [0.717, 1.165) is 31.1 Å². The lowest BCUT2D eigenvalue weighted by atomic mass is 9.98. The van der Waals surface area contributed by atoms with E-state index < -0.39 is 0 Å². The summed E-state index contributed by atoms with van der Waals surface area (Å²) in [5.74, 6) is 2.36. The van der Waals surface area contributed by atoms with Gasteiger partial charge >= 0.3 is 0 Å². The molecule has 1 aliphatic heterocycles. The van der Waals surface area contributed by atoms with E-state index in [-0.39, 0.29) is 0 Å². The first-order valence-electron chi connectivity index (χ1n) is 7.05. The van der Waals surface area contributed by atoms with E-state index in [0.29, 0.717) is 11.5 Å². The molecule has 0 bridgehead atoms. The normalized spacial score (nSPS) is 17.5. The van der Waals surface area contributed by atoms with Crippen LogP contribution in [0.15, 0.2) is 42.6 Å². The molecule has 2 heterocycles. The van der Waals surface area contributed by atoms with Crippen LogP contribution in [0.1, 0.15) is 23.5 Å². The Labute approximate surface area is 124 Å². The minimum Gasteiger partial charge on any atom is -0.497 e. The Kier molecular flexibility index (Phi) is 3.74. The highest BCUT2D eigenvalue weighted by Gasteiger charge is 2.24. The molecule has 4 heteroatoms. The molecule has 1 atom stereocenters. The molecule has 2 aromatic rings. The van der Waals surface area contributed by atoms with Gasteiger partial charge in [-0.2, -0.15) is 5.26 Å². The van der Waals surface area contributed by atoms with E-state index in [1.54, 1.807) is 13.3 Å². The van der Waals surface area contributed by atoms with E-state index >= 15 is 0 Å². The Morgan fingerprint density at radius 2 is 2.05 bits per heavy atom. The fourth-order valence-corrected chi connectivity index (χ4v) is 2.76. The molecule has 1 aromatic heterocycles. The highest BCUT2D eigenvalue weighted by Crippen LogP contribution is 2.30. The van der Waals surface area contributed by atoms with E-state index in [4.69, 9.17) is 10.00 Å². The summed E-state index contributed by atoms with van der Waals surface area (Å²) in [7, 11) is 1.68. The Hall–Kier alpha value is -2.54. The third-order valence-corrected chi connectivity index (χ3v) is 3.98. The number of aromatic nitrogens is 1. The van der Waals surface area contributed by atoms with Gasteiger partial charge in [0, 0.05) is 25.2 Å². The van der Waals surface area contributed by atoms with Crippen LogP contribution in [0.2, 0.25) is 0 Å². The lowest BCUT2D eigenvalue weighted by Gasteiger charge is -2.17. The number of methoxy groups -OCH3 is 1. The van der Waals surface area contributed by atoms with Crippen molar-refractivity contribution in [3.8, 4) is 11.8 Å². The van der Waals surface area contributed by atoms with Crippen LogP contribution in [0.4, 0.5) is 5.82 Å². The van der Waals surface area contributed by atoms with Crippen molar-refractivity contribution < 1.29 is 4.74 Å². The molecule has 4 nitrogen and oxygen atoms in total. The Morgan fingerprint density at radius 3 is 2.67 bits per heavy atom. The van der Waals surface area contributed by atoms with Crippen LogP contribution in [0.5, 0.6) is 5.75 Å². The van der Waals surface area contributed by atoms with Crippen LogP contribution in [0.25, 0.3) is 0 Å². The van der Waals surface area contributed by atoms with Crippen LogP contribution in [-0.2, 0) is 0 Å². The van der Waals surface area contributed by atoms with Crippen LogP contribution < -0.4 is 9.64 Å². The number of nitrogens with zero attached hydrogens (tertiary/aromatic N) is 3. The summed E-state index contributed by atoms with van der Waals surface area (Å²) >= 11 is 0. The summed E-state index contributed by atoms with van der Waals surface area (Å²) < 4.78 is 5.20. The zero-order chi connectivity index (χ0) is 14.7. The number of hydrogen-bond donors (Lipinski definition) is 0. The summed E-state index contributed by atoms with van der Waals surface area (Å²) in [5, 5.41) is 8.81. The second kappa shape index (κ2) is 5.84. The lowest BCUT2D eigenvalue weighted by Crippen LogP contribution is -2.20. The predicted molar refractivity (Wildman–Crippen MR) is 81.5 cm³/mol. The van der Waals surface area contributed by atoms with Gasteiger partial charge in [-0.15, -0.1) is 0 Å². The number of nitriles is 1. The minimum absolute atomic E-state index is 0.522. The van der Waals surface area contributed by atoms with Crippen LogP contribution in [0.3, 0.4) is 0 Å². The largest absolute Gasteiger partial charge is 0.497 e. The SMILES string of the molecule is COc1ccc(C2CCN(c3ccc(C#N)cn3)C2)cc1. The minimum atomic E-state index is 0.522. The van der Waals surface area contributed by atoms with Crippen molar-refractivity contribution in [1.82, 2.24) is 4.98 Å². The molecule has 0 radical (unpaired) electrons. The maximum Gasteiger partial charge on any atom is 0.128 e. The Morgan fingerprint density at radius 1 is 1.24 bits per heavy atom. The average Bonchev–Trinajstić information content (AvgIpc) is 3.05. The van der Waals surface area contributed by atoms with Crippen molar-refractivity contribution in [1.29, 1.82) is 5.26 Å². The lowest BCUT2D eigenvalue weighted by molar-refractivity contribution is 0.414. The molecular formula is C17H17N3O. The van der Waals surface area contributed by atoms with Crippen LogP contribution >= 0.6 is 0 Å². The van der Waals surface area contributed by atoms with Gasteiger partial charge in [-0.25, -0.2) is 4.98 Å². The van der Waals surface area contributed by atoms with Gasteiger partial charge < -0.3 is 9.64 Å². The number of hydrogen-bond acceptors (Lipinski definition) is 4. The molecule has 1 fully saturated rings. The van der Waals surface area contributed by atoms with Gasteiger partial charge in [0.05, 0.1) is 12.7 Å². The van der Waals surface area contributed by atoms with Gasteiger partial charge in [-0.1, -0.05) is 12.1 Å². The maximum absolute atomic E-state index is 8.81. The van der Waals surface area contributed by atoms with Crippen LogP contribution in [-0.4, -0.2) is 25.2 Å². The highest BCUT2D eigenvalue weighted by atomic mass is 16.5. The Balaban J connectivity index is 1.70. The maximum atomic E-state index is 8.81. The first kappa shape index (κ1) is 13.4. The molecule has 3 rings (SSSR count). The quantitative estimate of drug-likeness (QED) is 0.866. The van der Waals surface area contributed by atoms with Crippen molar-refractivity contribution in [3.63, 3.8) is 0 Å². The van der Waals surface area contributed by atoms with E-state index in [9.17, 15) is 0 Å². The first-order valence-corrected chi connectivity index (χ1v) is 7.05. The predicted octanol–water partition coefficient (Wildman–Crippen LogP) is 2.96. The van der Waals surface area contributed by atoms with Crippen molar-refractivity contribution in [2.45, 2.75) is 12.3 Å². The molecular weight excluding hydrogens is 262 g/mol. The van der Waals surface area contributed by atoms with Gasteiger partial charge in [0.2, 0.25) is 0 Å². The molecule has 0 amide bonds. The average molecular weight is 279 g/mol. The number of pyridine rings is 1. The Bertz CT molecular complexity index is 643. The van der Waals surface area contributed by atoms with Crippen molar-refractivity contribution in [3.05, 3.63) is 53.7 Å². The highest BCUT2D eigenvalue weighted by molar-refractivity contribution is 5.44. The second-order valence-corrected chi connectivity index (χ2v) is 5.22. The van der Waals surface area contributed by atoms with Crippen molar-refractivity contribution in [2.24, 2.45) is 0 Å². The summed E-state index contributed by atoms with van der Waals surface area (Å²) in [6.07, 6.45) is 2.75. The molecule has 0 aliphatic carbocycles. The molecule has 1 unspecified atom stereocenters. The molecule has 0 spiro atoms. The molecule has 0 saturated carbocycles. The zero-order valence-corrected chi connectivity index (χ0v) is 12.0. The zero-order valence-electron chi connectivity index (χ0n) is 12.0. The third-order valence-electron chi connectivity index (χ3n) is 3.98. The molecule has 1 saturated heterocycles. The monoisotopic (exact) mass is 279 g/mol. The number of benzene rings is 1. The fourth-order valence-electron chi connectivity index (χ4n) is 2.76. The summed E-state index contributed by atoms with van der Waals surface area (Å²) in [4.78, 5) is 6.64. The van der Waals surface area contributed by atoms with E-state index in [1.165, 1.54) is 5.56 Å². The smallest absolute Gasteiger partial charge is 0.128 e. The van der Waals surface area contributed by atoms with Gasteiger partial charge in [0.1, 0.15) is 17.6 Å². The molecule has 1 aromatic carbocycles. The van der Waals surface area contributed by atoms with E-state index in [1.807, 2.05) is 24.3 Å². The summed E-state index contributed by atoms with van der Waals surface area (Å²) in [5.41, 5.74) is 1.94. The molecule has 106 valence electrons. The molecule has 21 heavy (non-hydrogen) atoms. The number of anilines is 1. The van der Waals surface area contributed by atoms with Gasteiger partial charge in [-0.05, 0) is 36.2 Å². The standard InChI is InChI=1S/C17H17N3O/c1-21-16-5-3-14(4-6-16)15-8-9-20(12-15)17-7-2-13(10-18)11-19-17/h2-7,11,15H,8-9,12H2,1H3. The van der Waals surface area contributed by atoms with Crippen molar-refractivity contribution >= 4 is 5.82 Å². The van der Waals surface area contributed by atoms with Crippen molar-refractivity contribution in [2.75, 3.05) is 25.1 Å². The second-order valence-electron chi connectivity index (χ2n) is 5.22. The fraction of sp³-hybridized carbons (Fsp3) is 0.294.